The van der Waals surface area contributed by atoms with E-state index < -0.39 is 0 Å². The fourth-order valence-electron chi connectivity index (χ4n) is 3.02. The highest BCUT2D eigenvalue weighted by Crippen LogP contribution is 2.31. The minimum atomic E-state index is 0.321. The van der Waals surface area contributed by atoms with Crippen LogP contribution in [0.25, 0.3) is 0 Å². The molecule has 2 atom stereocenters. The Morgan fingerprint density at radius 1 is 1.28 bits per heavy atom. The quantitative estimate of drug-likeness (QED) is 0.873. The molecular formula is C16H25NO. The summed E-state index contributed by atoms with van der Waals surface area (Å²) in [5.74, 6) is 1.33. The molecule has 0 aromatic heterocycles. The van der Waals surface area contributed by atoms with Crippen molar-refractivity contribution in [3.8, 4) is 5.75 Å². The van der Waals surface area contributed by atoms with E-state index in [1.165, 1.54) is 25.7 Å². The first-order valence-corrected chi connectivity index (χ1v) is 7.24. The Balaban J connectivity index is 2.05. The molecule has 0 spiro atoms. The highest BCUT2D eigenvalue weighted by Gasteiger charge is 2.22. The molecule has 1 aromatic carbocycles. The molecular weight excluding hydrogens is 222 g/mol. The minimum Gasteiger partial charge on any atom is -0.508 e. The summed E-state index contributed by atoms with van der Waals surface area (Å²) < 4.78 is 0. The lowest BCUT2D eigenvalue weighted by Gasteiger charge is -2.28. The van der Waals surface area contributed by atoms with Crippen LogP contribution in [0.4, 0.5) is 0 Å². The van der Waals surface area contributed by atoms with E-state index in [9.17, 15) is 5.11 Å². The van der Waals surface area contributed by atoms with Crippen LogP contribution in [0, 0.1) is 5.92 Å². The Kier molecular flexibility index (Phi) is 4.65. The second-order valence-corrected chi connectivity index (χ2v) is 5.48. The van der Waals surface area contributed by atoms with Gasteiger partial charge in [-0.15, -0.1) is 0 Å². The lowest BCUT2D eigenvalue weighted by Crippen LogP contribution is -2.28. The van der Waals surface area contributed by atoms with Gasteiger partial charge in [0.1, 0.15) is 5.75 Å². The topological polar surface area (TPSA) is 23.5 Å². The maximum absolute atomic E-state index is 9.95. The SMILES string of the molecule is CCC1CCCN(C(C)c2ccccc2O)CC1. The van der Waals surface area contributed by atoms with Crippen molar-refractivity contribution in [2.45, 2.75) is 45.6 Å². The number of para-hydroxylation sites is 1. The largest absolute Gasteiger partial charge is 0.508 e. The molecule has 1 saturated heterocycles. The Bertz CT molecular complexity index is 377. The molecule has 0 radical (unpaired) electrons. The van der Waals surface area contributed by atoms with Crippen molar-refractivity contribution < 1.29 is 5.11 Å². The highest BCUT2D eigenvalue weighted by atomic mass is 16.3. The summed E-state index contributed by atoms with van der Waals surface area (Å²) in [6, 6.07) is 8.06. The number of nitrogens with zero attached hydrogens (tertiary/aromatic N) is 1. The molecule has 0 saturated carbocycles. The van der Waals surface area contributed by atoms with E-state index in [0.717, 1.165) is 24.6 Å². The highest BCUT2D eigenvalue weighted by molar-refractivity contribution is 5.34. The van der Waals surface area contributed by atoms with Gasteiger partial charge in [0.05, 0.1) is 0 Å². The molecule has 2 nitrogen and oxygen atoms in total. The Morgan fingerprint density at radius 2 is 2.06 bits per heavy atom. The molecule has 0 amide bonds. The van der Waals surface area contributed by atoms with Crippen LogP contribution in [-0.4, -0.2) is 23.1 Å². The average molecular weight is 247 g/mol. The third-order valence-corrected chi connectivity index (χ3v) is 4.39. The Morgan fingerprint density at radius 3 is 2.78 bits per heavy atom. The normalized spacial score (nSPS) is 23.6. The first-order valence-electron chi connectivity index (χ1n) is 7.24. The van der Waals surface area contributed by atoms with Crippen LogP contribution in [0.15, 0.2) is 24.3 Å². The van der Waals surface area contributed by atoms with E-state index >= 15 is 0 Å². The van der Waals surface area contributed by atoms with E-state index in [4.69, 9.17) is 0 Å². The van der Waals surface area contributed by atoms with Crippen molar-refractivity contribution in [3.63, 3.8) is 0 Å². The Hall–Kier alpha value is -1.02. The Labute approximate surface area is 111 Å². The number of hydrogen-bond donors (Lipinski definition) is 1. The first kappa shape index (κ1) is 13.4. The molecule has 1 heterocycles. The van der Waals surface area contributed by atoms with Gasteiger partial charge in [-0.1, -0.05) is 31.5 Å². The summed E-state index contributed by atoms with van der Waals surface area (Å²) >= 11 is 0. The van der Waals surface area contributed by atoms with Gasteiger partial charge in [-0.05, 0) is 51.3 Å². The predicted octanol–water partition coefficient (Wildman–Crippen LogP) is 3.97. The first-order chi connectivity index (χ1) is 8.72. The minimum absolute atomic E-state index is 0.321. The molecule has 1 aliphatic heterocycles. The molecule has 2 unspecified atom stereocenters. The van der Waals surface area contributed by atoms with Gasteiger partial charge >= 0.3 is 0 Å². The van der Waals surface area contributed by atoms with Gasteiger partial charge in [-0.2, -0.15) is 0 Å². The fraction of sp³-hybridized carbons (Fsp3) is 0.625. The zero-order valence-electron chi connectivity index (χ0n) is 11.6. The molecule has 1 N–H and O–H groups in total. The number of aromatic hydroxyl groups is 1. The summed E-state index contributed by atoms with van der Waals surface area (Å²) in [5, 5.41) is 9.95. The van der Waals surface area contributed by atoms with Crippen LogP contribution in [0.3, 0.4) is 0 Å². The number of phenolic OH excluding ortho intramolecular Hbond substituents is 1. The van der Waals surface area contributed by atoms with Crippen molar-refractivity contribution in [1.29, 1.82) is 0 Å². The third-order valence-electron chi connectivity index (χ3n) is 4.39. The second kappa shape index (κ2) is 6.24. The van der Waals surface area contributed by atoms with Crippen LogP contribution >= 0.6 is 0 Å². The van der Waals surface area contributed by atoms with E-state index in [1.54, 1.807) is 6.07 Å². The van der Waals surface area contributed by atoms with Crippen molar-refractivity contribution in [2.24, 2.45) is 5.92 Å². The third kappa shape index (κ3) is 3.05. The van der Waals surface area contributed by atoms with Gasteiger partial charge in [0.2, 0.25) is 0 Å². The lowest BCUT2D eigenvalue weighted by atomic mass is 9.98. The van der Waals surface area contributed by atoms with Gasteiger partial charge in [-0.3, -0.25) is 4.90 Å². The van der Waals surface area contributed by atoms with Gasteiger partial charge in [0.25, 0.3) is 0 Å². The number of phenols is 1. The molecule has 1 fully saturated rings. The van der Waals surface area contributed by atoms with Crippen LogP contribution in [0.5, 0.6) is 5.75 Å². The molecule has 2 heteroatoms. The number of hydrogen-bond acceptors (Lipinski definition) is 2. The van der Waals surface area contributed by atoms with Gasteiger partial charge in [-0.25, -0.2) is 0 Å². The van der Waals surface area contributed by atoms with Crippen molar-refractivity contribution >= 4 is 0 Å². The van der Waals surface area contributed by atoms with Crippen molar-refractivity contribution in [2.75, 3.05) is 13.1 Å². The lowest BCUT2D eigenvalue weighted by molar-refractivity contribution is 0.212. The monoisotopic (exact) mass is 247 g/mol. The standard InChI is InChI=1S/C16H25NO/c1-3-14-7-6-11-17(12-10-14)13(2)15-8-4-5-9-16(15)18/h4-5,8-9,13-14,18H,3,6-7,10-12H2,1-2H3. The van der Waals surface area contributed by atoms with Crippen molar-refractivity contribution in [1.82, 2.24) is 4.90 Å². The van der Waals surface area contributed by atoms with E-state index in [-0.39, 0.29) is 0 Å². The molecule has 1 aromatic rings. The summed E-state index contributed by atoms with van der Waals surface area (Å²) in [4.78, 5) is 2.52. The molecule has 1 aliphatic rings. The van der Waals surface area contributed by atoms with Crippen LogP contribution in [0.1, 0.15) is 51.1 Å². The van der Waals surface area contributed by atoms with Crippen LogP contribution in [0.2, 0.25) is 0 Å². The van der Waals surface area contributed by atoms with E-state index in [2.05, 4.69) is 18.7 Å². The number of likely N-dealkylation sites (tertiary alicyclic amines) is 1. The zero-order valence-corrected chi connectivity index (χ0v) is 11.6. The van der Waals surface area contributed by atoms with Gasteiger partial charge < -0.3 is 5.11 Å². The average Bonchev–Trinajstić information content (AvgIpc) is 2.63. The summed E-state index contributed by atoms with van der Waals surface area (Å²) in [7, 11) is 0. The van der Waals surface area contributed by atoms with E-state index in [1.807, 2.05) is 18.2 Å². The number of rotatable bonds is 3. The van der Waals surface area contributed by atoms with Gasteiger partial charge in [0.15, 0.2) is 0 Å². The zero-order chi connectivity index (χ0) is 13.0. The fourth-order valence-corrected chi connectivity index (χ4v) is 3.02. The number of benzene rings is 1. The molecule has 0 aliphatic carbocycles. The van der Waals surface area contributed by atoms with Crippen molar-refractivity contribution in [3.05, 3.63) is 29.8 Å². The summed E-state index contributed by atoms with van der Waals surface area (Å²) in [5.41, 5.74) is 1.06. The smallest absolute Gasteiger partial charge is 0.120 e. The second-order valence-electron chi connectivity index (χ2n) is 5.48. The molecule has 2 rings (SSSR count). The maximum atomic E-state index is 9.95. The maximum Gasteiger partial charge on any atom is 0.120 e. The van der Waals surface area contributed by atoms with E-state index in [0.29, 0.717) is 11.8 Å². The summed E-state index contributed by atoms with van der Waals surface area (Å²) in [6.45, 7) is 6.83. The van der Waals surface area contributed by atoms with Crippen LogP contribution in [-0.2, 0) is 0 Å². The van der Waals surface area contributed by atoms with Gasteiger partial charge in [0, 0.05) is 11.6 Å². The molecule has 18 heavy (non-hydrogen) atoms. The predicted molar refractivity (Wildman–Crippen MR) is 75.7 cm³/mol. The molecule has 0 bridgehead atoms. The summed E-state index contributed by atoms with van der Waals surface area (Å²) in [6.07, 6.45) is 5.25. The van der Waals surface area contributed by atoms with Crippen LogP contribution < -0.4 is 0 Å². The molecule has 100 valence electrons.